The Labute approximate surface area is 219 Å². The van der Waals surface area contributed by atoms with Crippen LogP contribution in [0.2, 0.25) is 5.02 Å². The van der Waals surface area contributed by atoms with Gasteiger partial charge in [-0.05, 0) is 62.6 Å². The maximum absolute atomic E-state index is 11.2. The highest BCUT2D eigenvalue weighted by Crippen LogP contribution is 2.44. The summed E-state index contributed by atoms with van der Waals surface area (Å²) in [6, 6.07) is 7.67. The predicted molar refractivity (Wildman–Crippen MR) is 140 cm³/mol. The monoisotopic (exact) mass is 523 g/mol. The van der Waals surface area contributed by atoms with Crippen molar-refractivity contribution in [3.05, 3.63) is 40.5 Å². The Hall–Kier alpha value is -3.53. The van der Waals surface area contributed by atoms with Gasteiger partial charge in [0.1, 0.15) is 5.82 Å². The number of halogens is 1. The number of nitrogens with one attached hydrogen (secondary N) is 1. The third-order valence-electron chi connectivity index (χ3n) is 7.39. The summed E-state index contributed by atoms with van der Waals surface area (Å²) in [4.78, 5) is 18.8. The molecule has 4 aromatic rings. The first kappa shape index (κ1) is 23.8. The minimum absolute atomic E-state index is 0.185. The van der Waals surface area contributed by atoms with Crippen LogP contribution in [-0.4, -0.2) is 62.1 Å². The molecule has 1 aliphatic carbocycles. The Kier molecular flexibility index (Phi) is 6.27. The first-order valence-corrected chi connectivity index (χ1v) is 13.1. The van der Waals surface area contributed by atoms with Gasteiger partial charge < -0.3 is 24.5 Å². The molecule has 2 N–H and O–H groups in total. The summed E-state index contributed by atoms with van der Waals surface area (Å²) in [7, 11) is 3.15. The van der Waals surface area contributed by atoms with E-state index in [2.05, 4.69) is 24.8 Å². The highest BCUT2D eigenvalue weighted by molar-refractivity contribution is 6.31. The van der Waals surface area contributed by atoms with E-state index in [1.165, 1.54) is 0 Å². The number of hydrogen-bond acceptors (Lipinski definition) is 8. The number of fused-ring (bicyclic) bond motifs is 1. The molecule has 6 rings (SSSR count). The number of aromatic amines is 1. The lowest BCUT2D eigenvalue weighted by Crippen LogP contribution is -2.34. The maximum Gasteiger partial charge on any atom is 0.321 e. The standard InChI is InChI=1S/C26H30ClN7O3/c1-36-22-14-21(30-26(31-22)37-2)33-11-9-15(10-12-33)3-7-18-23(16-4-5-16)32-34(24(18)35)25-28-19-8-6-17(27)13-20(19)29-25/h6,8,13-16,35H,3-5,7,9-12H2,1-2H3,(H,28,29). The van der Waals surface area contributed by atoms with E-state index in [0.29, 0.717) is 34.7 Å². The molecule has 10 nitrogen and oxygen atoms in total. The van der Waals surface area contributed by atoms with E-state index in [4.69, 9.17) is 26.2 Å². The van der Waals surface area contributed by atoms with E-state index < -0.39 is 0 Å². The van der Waals surface area contributed by atoms with Gasteiger partial charge in [-0.25, -0.2) is 4.98 Å². The van der Waals surface area contributed by atoms with Crippen molar-refractivity contribution in [2.24, 2.45) is 5.92 Å². The van der Waals surface area contributed by atoms with Gasteiger partial charge in [-0.15, -0.1) is 0 Å². The van der Waals surface area contributed by atoms with Gasteiger partial charge in [0.05, 0.1) is 30.9 Å². The van der Waals surface area contributed by atoms with Crippen LogP contribution in [-0.2, 0) is 6.42 Å². The van der Waals surface area contributed by atoms with Gasteiger partial charge in [0.25, 0.3) is 0 Å². The zero-order chi connectivity index (χ0) is 25.5. The first-order chi connectivity index (χ1) is 18.0. The number of piperidine rings is 1. The van der Waals surface area contributed by atoms with Gasteiger partial charge >= 0.3 is 6.01 Å². The second-order valence-corrected chi connectivity index (χ2v) is 10.3. The molecule has 1 aromatic carbocycles. The summed E-state index contributed by atoms with van der Waals surface area (Å²) in [5, 5.41) is 16.6. The summed E-state index contributed by atoms with van der Waals surface area (Å²) >= 11 is 6.12. The summed E-state index contributed by atoms with van der Waals surface area (Å²) < 4.78 is 12.1. The lowest BCUT2D eigenvalue weighted by Gasteiger charge is -2.33. The van der Waals surface area contributed by atoms with Crippen LogP contribution in [0.25, 0.3) is 17.0 Å². The Morgan fingerprint density at radius 2 is 1.86 bits per heavy atom. The Morgan fingerprint density at radius 1 is 1.05 bits per heavy atom. The number of aromatic hydroxyl groups is 1. The molecule has 2 fully saturated rings. The van der Waals surface area contributed by atoms with Crippen LogP contribution in [0, 0.1) is 5.92 Å². The minimum Gasteiger partial charge on any atom is -0.493 e. The van der Waals surface area contributed by atoms with Crippen LogP contribution in [0.15, 0.2) is 24.3 Å². The van der Waals surface area contributed by atoms with Gasteiger partial charge in [-0.1, -0.05) is 11.6 Å². The molecule has 0 unspecified atom stereocenters. The zero-order valence-electron chi connectivity index (χ0n) is 20.9. The number of H-pyrrole nitrogens is 1. The van der Waals surface area contributed by atoms with Gasteiger partial charge in [0.15, 0.2) is 0 Å². The van der Waals surface area contributed by atoms with Gasteiger partial charge in [-0.2, -0.15) is 19.7 Å². The molecule has 4 heterocycles. The van der Waals surface area contributed by atoms with E-state index >= 15 is 0 Å². The third kappa shape index (κ3) is 4.77. The SMILES string of the molecule is COc1cc(N2CCC(CCc3c(C4CC4)nn(-c4nc5cc(Cl)ccc5[nH]4)c3O)CC2)nc(OC)n1. The normalized spacial score (nSPS) is 16.5. The van der Waals surface area contributed by atoms with Crippen molar-refractivity contribution in [1.29, 1.82) is 0 Å². The number of benzene rings is 1. The number of ether oxygens (including phenoxy) is 2. The van der Waals surface area contributed by atoms with Crippen LogP contribution >= 0.6 is 11.6 Å². The third-order valence-corrected chi connectivity index (χ3v) is 7.62. The average molecular weight is 524 g/mol. The molecule has 2 aliphatic rings. The fraction of sp³-hybridized carbons (Fsp3) is 0.462. The lowest BCUT2D eigenvalue weighted by molar-refractivity contribution is 0.348. The highest BCUT2D eigenvalue weighted by atomic mass is 35.5. The second kappa shape index (κ2) is 9.74. The van der Waals surface area contributed by atoms with Crippen LogP contribution in [0.3, 0.4) is 0 Å². The first-order valence-electron chi connectivity index (χ1n) is 12.7. The fourth-order valence-electron chi connectivity index (χ4n) is 5.15. The topological polar surface area (TPSA) is 114 Å². The fourth-order valence-corrected chi connectivity index (χ4v) is 5.31. The van der Waals surface area contributed by atoms with Gasteiger partial charge in [0.2, 0.25) is 17.7 Å². The molecule has 1 saturated heterocycles. The number of anilines is 1. The van der Waals surface area contributed by atoms with E-state index in [1.54, 1.807) is 25.0 Å². The number of methoxy groups -OCH3 is 2. The van der Waals surface area contributed by atoms with Crippen molar-refractivity contribution < 1.29 is 14.6 Å². The number of hydrogen-bond donors (Lipinski definition) is 2. The van der Waals surface area contributed by atoms with Crippen molar-refractivity contribution in [3.8, 4) is 23.7 Å². The summed E-state index contributed by atoms with van der Waals surface area (Å²) in [5.74, 6) is 2.99. The van der Waals surface area contributed by atoms with Crippen LogP contribution in [0.4, 0.5) is 5.82 Å². The largest absolute Gasteiger partial charge is 0.493 e. The van der Waals surface area contributed by atoms with Gasteiger partial charge in [0, 0.05) is 35.7 Å². The van der Waals surface area contributed by atoms with E-state index in [1.807, 2.05) is 18.2 Å². The molecule has 0 atom stereocenters. The zero-order valence-corrected chi connectivity index (χ0v) is 21.7. The maximum atomic E-state index is 11.2. The minimum atomic E-state index is 0.185. The van der Waals surface area contributed by atoms with Crippen LogP contribution in [0.1, 0.15) is 49.3 Å². The molecule has 194 valence electrons. The predicted octanol–water partition coefficient (Wildman–Crippen LogP) is 4.64. The molecule has 0 spiro atoms. The molecule has 11 heteroatoms. The van der Waals surface area contributed by atoms with Crippen molar-refractivity contribution in [2.75, 3.05) is 32.2 Å². The molecular weight excluding hydrogens is 494 g/mol. The van der Waals surface area contributed by atoms with Crippen molar-refractivity contribution in [1.82, 2.24) is 29.7 Å². The van der Waals surface area contributed by atoms with Crippen molar-refractivity contribution in [2.45, 2.75) is 44.4 Å². The number of imidazole rings is 1. The Balaban J connectivity index is 1.15. The molecule has 0 bridgehead atoms. The average Bonchev–Trinajstić information content (AvgIpc) is 3.60. The quantitative estimate of drug-likeness (QED) is 0.343. The lowest BCUT2D eigenvalue weighted by atomic mass is 9.90. The molecule has 0 radical (unpaired) electrons. The molecule has 37 heavy (non-hydrogen) atoms. The molecule has 1 aliphatic heterocycles. The number of nitrogens with zero attached hydrogens (tertiary/aromatic N) is 6. The molecule has 1 saturated carbocycles. The molecule has 3 aromatic heterocycles. The Morgan fingerprint density at radius 3 is 2.59 bits per heavy atom. The molecule has 0 amide bonds. The highest BCUT2D eigenvalue weighted by Gasteiger charge is 2.33. The van der Waals surface area contributed by atoms with Crippen molar-refractivity contribution >= 4 is 28.5 Å². The molecular formula is C26H30ClN7O3. The smallest absolute Gasteiger partial charge is 0.321 e. The van der Waals surface area contributed by atoms with E-state index in [-0.39, 0.29) is 5.88 Å². The number of aromatic nitrogens is 6. The Bertz CT molecular complexity index is 1400. The van der Waals surface area contributed by atoms with Crippen LogP contribution in [0.5, 0.6) is 17.8 Å². The summed E-state index contributed by atoms with van der Waals surface area (Å²) in [5.41, 5.74) is 3.56. The van der Waals surface area contributed by atoms with E-state index in [9.17, 15) is 5.11 Å². The summed E-state index contributed by atoms with van der Waals surface area (Å²) in [6.45, 7) is 1.80. The number of rotatable bonds is 8. The van der Waals surface area contributed by atoms with Gasteiger partial charge in [-0.3, -0.25) is 0 Å². The second-order valence-electron chi connectivity index (χ2n) is 9.82. The van der Waals surface area contributed by atoms with Crippen molar-refractivity contribution in [3.63, 3.8) is 0 Å². The van der Waals surface area contributed by atoms with Crippen LogP contribution < -0.4 is 14.4 Å². The van der Waals surface area contributed by atoms with E-state index in [0.717, 1.165) is 79.7 Å². The summed E-state index contributed by atoms with van der Waals surface area (Å²) in [6.07, 6.45) is 6.12.